The van der Waals surface area contributed by atoms with Gasteiger partial charge in [0, 0.05) is 21.7 Å². The van der Waals surface area contributed by atoms with Crippen molar-refractivity contribution in [1.29, 1.82) is 0 Å². The quantitative estimate of drug-likeness (QED) is 0.664. The number of benzene rings is 2. The number of methoxy groups -OCH3 is 3. The topological polar surface area (TPSA) is 47.9 Å². The van der Waals surface area contributed by atoms with Gasteiger partial charge in [0.05, 0.1) is 31.8 Å². The molecule has 3 rings (SSSR count). The number of aliphatic hydroxyl groups is 1. The third-order valence-electron chi connectivity index (χ3n) is 4.00. The van der Waals surface area contributed by atoms with Gasteiger partial charge in [-0.1, -0.05) is 11.8 Å². The van der Waals surface area contributed by atoms with Gasteiger partial charge in [0.15, 0.2) is 0 Å². The summed E-state index contributed by atoms with van der Waals surface area (Å²) < 4.78 is 17.3. The van der Waals surface area contributed by atoms with Crippen molar-refractivity contribution in [1.82, 2.24) is 0 Å². The summed E-state index contributed by atoms with van der Waals surface area (Å²) in [5.74, 6) is 8.29. The van der Waals surface area contributed by atoms with E-state index in [1.807, 2.05) is 36.4 Å². The molecule has 1 aromatic heterocycles. The fourth-order valence-corrected chi connectivity index (χ4v) is 3.81. The fraction of sp³-hybridized carbons (Fsp3) is 0.273. The first-order valence-corrected chi connectivity index (χ1v) is 9.26. The highest BCUT2D eigenvalue weighted by Crippen LogP contribution is 2.42. The van der Waals surface area contributed by atoms with E-state index in [1.54, 1.807) is 46.5 Å². The molecule has 2 aromatic carbocycles. The molecule has 0 amide bonds. The standard InChI is InChI=1S/C22H22O4S/c1-22(2,23)9-8-18-19-13-15(24-3)6-7-20(19)27-21(18)14-10-16(25-4)12-17(11-14)26-5/h6-7,10-13,23H,1-5H3. The molecule has 0 radical (unpaired) electrons. The summed E-state index contributed by atoms with van der Waals surface area (Å²) in [5.41, 5.74) is 0.717. The van der Waals surface area contributed by atoms with Crippen LogP contribution in [0.5, 0.6) is 17.2 Å². The number of hydrogen-bond donors (Lipinski definition) is 1. The SMILES string of the molecule is COc1cc(OC)cc(-c2sc3ccc(OC)cc3c2C#CC(C)(C)O)c1. The zero-order chi connectivity index (χ0) is 19.6. The zero-order valence-corrected chi connectivity index (χ0v) is 16.9. The maximum atomic E-state index is 10.1. The van der Waals surface area contributed by atoms with Gasteiger partial charge >= 0.3 is 0 Å². The number of hydrogen-bond acceptors (Lipinski definition) is 5. The Balaban J connectivity index is 2.30. The van der Waals surface area contributed by atoms with E-state index in [0.717, 1.165) is 31.8 Å². The van der Waals surface area contributed by atoms with Crippen LogP contribution in [-0.4, -0.2) is 32.0 Å². The molecule has 0 aliphatic heterocycles. The zero-order valence-electron chi connectivity index (χ0n) is 16.0. The molecule has 0 atom stereocenters. The summed E-state index contributed by atoms with van der Waals surface area (Å²) in [6.45, 7) is 3.34. The molecule has 0 spiro atoms. The van der Waals surface area contributed by atoms with Crippen molar-refractivity contribution in [2.24, 2.45) is 0 Å². The summed E-state index contributed by atoms with van der Waals surface area (Å²) in [6.07, 6.45) is 0. The maximum absolute atomic E-state index is 10.1. The van der Waals surface area contributed by atoms with Gasteiger partial charge in [0.25, 0.3) is 0 Å². The van der Waals surface area contributed by atoms with Gasteiger partial charge in [0.1, 0.15) is 22.8 Å². The van der Waals surface area contributed by atoms with Crippen molar-refractivity contribution in [2.75, 3.05) is 21.3 Å². The van der Waals surface area contributed by atoms with Crippen LogP contribution in [0.25, 0.3) is 20.5 Å². The number of ether oxygens (including phenoxy) is 3. The lowest BCUT2D eigenvalue weighted by atomic mass is 10.0. The molecule has 4 nitrogen and oxygen atoms in total. The van der Waals surface area contributed by atoms with Crippen LogP contribution in [0, 0.1) is 11.8 Å². The molecule has 5 heteroatoms. The van der Waals surface area contributed by atoms with E-state index >= 15 is 0 Å². The third kappa shape index (κ3) is 4.19. The highest BCUT2D eigenvalue weighted by Gasteiger charge is 2.16. The van der Waals surface area contributed by atoms with Gasteiger partial charge < -0.3 is 19.3 Å². The first kappa shape index (κ1) is 19.1. The minimum Gasteiger partial charge on any atom is -0.497 e. The Morgan fingerprint density at radius 2 is 1.52 bits per heavy atom. The Bertz CT molecular complexity index is 1010. The Hall–Kier alpha value is -2.68. The molecule has 1 N–H and O–H groups in total. The minimum absolute atomic E-state index is 0.709. The average molecular weight is 382 g/mol. The van der Waals surface area contributed by atoms with Gasteiger partial charge in [-0.2, -0.15) is 0 Å². The van der Waals surface area contributed by atoms with E-state index < -0.39 is 5.60 Å². The predicted octanol–water partition coefficient (Wildman–Crippen LogP) is 4.72. The maximum Gasteiger partial charge on any atom is 0.123 e. The molecule has 0 bridgehead atoms. The Kier molecular flexibility index (Phi) is 5.31. The second-order valence-electron chi connectivity index (χ2n) is 6.58. The smallest absolute Gasteiger partial charge is 0.123 e. The van der Waals surface area contributed by atoms with Crippen molar-refractivity contribution in [2.45, 2.75) is 19.4 Å². The largest absolute Gasteiger partial charge is 0.497 e. The highest BCUT2D eigenvalue weighted by atomic mass is 32.1. The fourth-order valence-electron chi connectivity index (χ4n) is 2.69. The van der Waals surface area contributed by atoms with E-state index in [9.17, 15) is 5.11 Å². The summed E-state index contributed by atoms with van der Waals surface area (Å²) >= 11 is 1.63. The second-order valence-corrected chi connectivity index (χ2v) is 7.63. The van der Waals surface area contributed by atoms with Gasteiger partial charge in [-0.25, -0.2) is 0 Å². The van der Waals surface area contributed by atoms with Crippen LogP contribution in [0.3, 0.4) is 0 Å². The summed E-state index contributed by atoms with van der Waals surface area (Å²) in [6, 6.07) is 11.7. The average Bonchev–Trinajstić information content (AvgIpc) is 3.02. The van der Waals surface area contributed by atoms with Crippen molar-refractivity contribution in [3.05, 3.63) is 42.0 Å². The number of rotatable bonds is 4. The molecule has 3 aromatic rings. The normalized spacial score (nSPS) is 11.0. The van der Waals surface area contributed by atoms with Gasteiger partial charge in [0.2, 0.25) is 0 Å². The number of fused-ring (bicyclic) bond motifs is 1. The lowest BCUT2D eigenvalue weighted by Crippen LogP contribution is -2.14. The summed E-state index contributed by atoms with van der Waals surface area (Å²) in [5, 5.41) is 11.1. The third-order valence-corrected chi connectivity index (χ3v) is 5.22. The predicted molar refractivity (Wildman–Crippen MR) is 110 cm³/mol. The van der Waals surface area contributed by atoms with Crippen LogP contribution in [0.4, 0.5) is 0 Å². The van der Waals surface area contributed by atoms with Gasteiger partial charge in [-0.3, -0.25) is 0 Å². The van der Waals surface area contributed by atoms with Gasteiger partial charge in [-0.15, -0.1) is 11.3 Å². The Morgan fingerprint density at radius 3 is 2.07 bits per heavy atom. The van der Waals surface area contributed by atoms with Crippen molar-refractivity contribution < 1.29 is 19.3 Å². The number of thiophene rings is 1. The first-order chi connectivity index (χ1) is 12.8. The molecule has 0 aliphatic rings. The molecular weight excluding hydrogens is 360 g/mol. The van der Waals surface area contributed by atoms with Crippen LogP contribution in [0.15, 0.2) is 36.4 Å². The molecule has 1 heterocycles. The van der Waals surface area contributed by atoms with E-state index in [1.165, 1.54) is 0 Å². The molecule has 0 unspecified atom stereocenters. The monoisotopic (exact) mass is 382 g/mol. The van der Waals surface area contributed by atoms with Crippen LogP contribution >= 0.6 is 11.3 Å². The summed E-state index contributed by atoms with van der Waals surface area (Å²) in [4.78, 5) is 0.993. The molecule has 0 saturated carbocycles. The van der Waals surface area contributed by atoms with Crippen molar-refractivity contribution in [3.63, 3.8) is 0 Å². The van der Waals surface area contributed by atoms with Crippen LogP contribution < -0.4 is 14.2 Å². The molecule has 0 fully saturated rings. The highest BCUT2D eigenvalue weighted by molar-refractivity contribution is 7.22. The lowest BCUT2D eigenvalue weighted by Gasteiger charge is -2.09. The van der Waals surface area contributed by atoms with E-state index in [0.29, 0.717) is 11.5 Å². The Labute approximate surface area is 163 Å². The minimum atomic E-state index is -1.09. The van der Waals surface area contributed by atoms with Crippen LogP contribution in [-0.2, 0) is 0 Å². The van der Waals surface area contributed by atoms with Crippen molar-refractivity contribution in [3.8, 4) is 39.5 Å². The second kappa shape index (κ2) is 7.51. The van der Waals surface area contributed by atoms with E-state index in [-0.39, 0.29) is 0 Å². The Morgan fingerprint density at radius 1 is 0.889 bits per heavy atom. The molecule has 0 aliphatic carbocycles. The first-order valence-electron chi connectivity index (χ1n) is 8.44. The molecule has 140 valence electrons. The molecule has 27 heavy (non-hydrogen) atoms. The van der Waals surface area contributed by atoms with Crippen molar-refractivity contribution >= 4 is 21.4 Å². The summed E-state index contributed by atoms with van der Waals surface area (Å²) in [7, 11) is 4.90. The van der Waals surface area contributed by atoms with Crippen LogP contribution in [0.1, 0.15) is 19.4 Å². The lowest BCUT2D eigenvalue weighted by molar-refractivity contribution is 0.143. The molecular formula is C22H22O4S. The molecule has 0 saturated heterocycles. The van der Waals surface area contributed by atoms with Crippen LogP contribution in [0.2, 0.25) is 0 Å². The van der Waals surface area contributed by atoms with E-state index in [4.69, 9.17) is 14.2 Å². The van der Waals surface area contributed by atoms with Gasteiger partial charge in [-0.05, 0) is 44.2 Å². The van der Waals surface area contributed by atoms with E-state index in [2.05, 4.69) is 11.8 Å².